The van der Waals surface area contributed by atoms with Crippen LogP contribution in [-0.2, 0) is 0 Å². The van der Waals surface area contributed by atoms with Crippen LogP contribution in [-0.4, -0.2) is 32.4 Å². The average Bonchev–Trinajstić information content (AvgIpc) is 3.32. The molecule has 39 heavy (non-hydrogen) atoms. The molecule has 4 rings (SSSR count). The molecular weight excluding hydrogens is 511 g/mol. The van der Waals surface area contributed by atoms with Gasteiger partial charge in [0.1, 0.15) is 29.5 Å². The number of benzene rings is 3. The number of ether oxygens (including phenoxy) is 1. The van der Waals surface area contributed by atoms with Crippen LogP contribution in [0, 0.1) is 0 Å². The molecular formula is C32H31FN2O3S. The third-order valence-electron chi connectivity index (χ3n) is 6.00. The van der Waals surface area contributed by atoms with Crippen molar-refractivity contribution in [3.63, 3.8) is 0 Å². The molecule has 0 radical (unpaired) electrons. The minimum atomic E-state index is -0.395. The highest BCUT2D eigenvalue weighted by Crippen LogP contribution is 2.40. The smallest absolute Gasteiger partial charge is 0.255 e. The maximum Gasteiger partial charge on any atom is 0.255 e. The Bertz CT molecular complexity index is 1490. The summed E-state index contributed by atoms with van der Waals surface area (Å²) in [6.45, 7) is 2.84. The number of anilines is 1. The first-order chi connectivity index (χ1) is 19.0. The summed E-state index contributed by atoms with van der Waals surface area (Å²) in [7, 11) is 1.58. The minimum absolute atomic E-state index is 0.281. The number of halogens is 1. The fourth-order valence-electron chi connectivity index (χ4n) is 4.20. The lowest BCUT2D eigenvalue weighted by Crippen LogP contribution is -2.22. The molecule has 0 atom stereocenters. The number of fused-ring (bicyclic) bond motifs is 1. The molecule has 1 aromatic heterocycles. The molecule has 0 unspecified atom stereocenters. The van der Waals surface area contributed by atoms with Gasteiger partial charge in [-0.2, -0.15) is 0 Å². The molecule has 1 N–H and O–H groups in total. The van der Waals surface area contributed by atoms with Gasteiger partial charge in [0.15, 0.2) is 0 Å². The first-order valence-corrected chi connectivity index (χ1v) is 13.8. The number of nitrogens with zero attached hydrogens (tertiary/aromatic N) is 1. The zero-order chi connectivity index (χ0) is 27.6. The molecule has 3 aromatic carbocycles. The molecule has 1 heterocycles. The number of nitrogens with one attached hydrogen (secondary N) is 1. The standard InChI is InChI=1S/C32H31FN2O3S/c1-4-12-24(33)15-11-18-29-31(32(36)34-2)27-21-26(23-13-7-5-8-14-23)28(22-30(27)38-29)35(39-3)19-20-37-25-16-9-6-10-17-25/h4-18,21-22H,19-20H2,1-3H3,(H,34,36)/b12-4-,18-11+,24-15+. The molecule has 0 saturated heterocycles. The summed E-state index contributed by atoms with van der Waals surface area (Å²) in [5, 5.41) is 3.38. The van der Waals surface area contributed by atoms with E-state index in [0.717, 1.165) is 22.6 Å². The summed E-state index contributed by atoms with van der Waals surface area (Å²) in [5.74, 6) is 0.493. The lowest BCUT2D eigenvalue weighted by molar-refractivity contribution is 0.0963. The zero-order valence-corrected chi connectivity index (χ0v) is 23.0. The molecule has 0 aliphatic rings. The highest BCUT2D eigenvalue weighted by atomic mass is 32.2. The molecule has 7 heteroatoms. The van der Waals surface area contributed by atoms with Gasteiger partial charge in [0.05, 0.1) is 17.8 Å². The number of carbonyl (C=O) groups is 1. The van der Waals surface area contributed by atoms with E-state index in [1.807, 2.05) is 79.1 Å². The maximum atomic E-state index is 13.9. The van der Waals surface area contributed by atoms with Crippen LogP contribution < -0.4 is 14.4 Å². The van der Waals surface area contributed by atoms with Gasteiger partial charge in [0.2, 0.25) is 0 Å². The predicted octanol–water partition coefficient (Wildman–Crippen LogP) is 8.07. The van der Waals surface area contributed by atoms with Crippen molar-refractivity contribution in [1.82, 2.24) is 5.32 Å². The summed E-state index contributed by atoms with van der Waals surface area (Å²) in [6.07, 6.45) is 9.46. The number of para-hydroxylation sites is 1. The Morgan fingerprint density at radius 3 is 2.49 bits per heavy atom. The fraction of sp³-hybridized carbons (Fsp3) is 0.156. The molecule has 0 bridgehead atoms. The summed E-state index contributed by atoms with van der Waals surface area (Å²) in [4.78, 5) is 13.0. The Hall–Kier alpha value is -4.23. The van der Waals surface area contributed by atoms with Crippen molar-refractivity contribution in [1.29, 1.82) is 0 Å². The van der Waals surface area contributed by atoms with Gasteiger partial charge in [0, 0.05) is 30.3 Å². The van der Waals surface area contributed by atoms with Crippen LogP contribution in [0.15, 0.2) is 107 Å². The molecule has 4 aromatic rings. The molecule has 0 spiro atoms. The molecule has 0 fully saturated rings. The fourth-order valence-corrected chi connectivity index (χ4v) is 4.80. The lowest BCUT2D eigenvalue weighted by atomic mass is 9.99. The van der Waals surface area contributed by atoms with E-state index in [-0.39, 0.29) is 5.91 Å². The Morgan fingerprint density at radius 1 is 1.10 bits per heavy atom. The van der Waals surface area contributed by atoms with E-state index in [4.69, 9.17) is 9.15 Å². The summed E-state index contributed by atoms with van der Waals surface area (Å²) in [6, 6.07) is 23.7. The second-order valence-electron chi connectivity index (χ2n) is 8.51. The van der Waals surface area contributed by atoms with Gasteiger partial charge in [-0.05, 0) is 48.9 Å². The van der Waals surface area contributed by atoms with Crippen molar-refractivity contribution < 1.29 is 18.3 Å². The Kier molecular flexibility index (Phi) is 9.64. The average molecular weight is 543 g/mol. The SMILES string of the molecule is C\C=C/C(F)=C\C=C\c1oc2cc(N(CCOc3ccccc3)SC)c(-c3ccccc3)cc2c1C(=O)NC. The Balaban J connectivity index is 1.79. The van der Waals surface area contributed by atoms with Gasteiger partial charge in [-0.3, -0.25) is 4.79 Å². The van der Waals surface area contributed by atoms with E-state index >= 15 is 0 Å². The second-order valence-corrected chi connectivity index (χ2v) is 9.31. The van der Waals surface area contributed by atoms with Crippen molar-refractivity contribution in [2.75, 3.05) is 30.8 Å². The normalized spacial score (nSPS) is 11.9. The van der Waals surface area contributed by atoms with Crippen molar-refractivity contribution >= 4 is 40.6 Å². The van der Waals surface area contributed by atoms with Gasteiger partial charge < -0.3 is 18.8 Å². The van der Waals surface area contributed by atoms with Crippen LogP contribution in [0.25, 0.3) is 28.2 Å². The van der Waals surface area contributed by atoms with Crippen LogP contribution in [0.4, 0.5) is 10.1 Å². The lowest BCUT2D eigenvalue weighted by Gasteiger charge is -2.24. The predicted molar refractivity (Wildman–Crippen MR) is 161 cm³/mol. The monoisotopic (exact) mass is 542 g/mol. The van der Waals surface area contributed by atoms with Crippen LogP contribution in [0.1, 0.15) is 23.0 Å². The molecule has 0 aliphatic heterocycles. The third kappa shape index (κ3) is 6.81. The topological polar surface area (TPSA) is 54.7 Å². The number of allylic oxidation sites excluding steroid dienone is 5. The van der Waals surface area contributed by atoms with E-state index in [2.05, 4.69) is 9.62 Å². The van der Waals surface area contributed by atoms with Crippen molar-refractivity contribution in [3.8, 4) is 16.9 Å². The van der Waals surface area contributed by atoms with E-state index in [0.29, 0.717) is 35.4 Å². The Labute approximate surface area is 232 Å². The van der Waals surface area contributed by atoms with Crippen molar-refractivity contribution in [3.05, 3.63) is 114 Å². The van der Waals surface area contributed by atoms with Crippen LogP contribution in [0.5, 0.6) is 5.75 Å². The van der Waals surface area contributed by atoms with Crippen molar-refractivity contribution in [2.24, 2.45) is 0 Å². The highest BCUT2D eigenvalue weighted by Gasteiger charge is 2.23. The number of amides is 1. The second kappa shape index (κ2) is 13.5. The first kappa shape index (κ1) is 27.8. The molecule has 0 saturated carbocycles. The van der Waals surface area contributed by atoms with Gasteiger partial charge in [-0.25, -0.2) is 4.39 Å². The minimum Gasteiger partial charge on any atom is -0.492 e. The number of hydrogen-bond donors (Lipinski definition) is 1. The van der Waals surface area contributed by atoms with Gasteiger partial charge in [-0.15, -0.1) is 0 Å². The molecule has 1 amide bonds. The van der Waals surface area contributed by atoms with Crippen LogP contribution in [0.2, 0.25) is 0 Å². The quantitative estimate of drug-likeness (QED) is 0.153. The summed E-state index contributed by atoms with van der Waals surface area (Å²) >= 11 is 1.58. The summed E-state index contributed by atoms with van der Waals surface area (Å²) in [5.41, 5.74) is 3.86. The van der Waals surface area contributed by atoms with Gasteiger partial charge in [0.25, 0.3) is 5.91 Å². The number of carbonyl (C=O) groups excluding carboxylic acids is 1. The zero-order valence-electron chi connectivity index (χ0n) is 22.2. The van der Waals surface area contributed by atoms with E-state index in [9.17, 15) is 9.18 Å². The van der Waals surface area contributed by atoms with E-state index < -0.39 is 5.83 Å². The first-order valence-electron chi connectivity index (χ1n) is 12.6. The molecule has 0 aliphatic carbocycles. The highest BCUT2D eigenvalue weighted by molar-refractivity contribution is 8.00. The largest absolute Gasteiger partial charge is 0.492 e. The summed E-state index contributed by atoms with van der Waals surface area (Å²) < 4.78 is 28.2. The molecule has 5 nitrogen and oxygen atoms in total. The van der Waals surface area contributed by atoms with Crippen LogP contribution >= 0.6 is 11.9 Å². The maximum absolute atomic E-state index is 13.9. The van der Waals surface area contributed by atoms with Gasteiger partial charge in [-0.1, -0.05) is 72.6 Å². The molecule has 200 valence electrons. The van der Waals surface area contributed by atoms with E-state index in [1.165, 1.54) is 18.2 Å². The number of furan rings is 1. The number of rotatable bonds is 11. The van der Waals surface area contributed by atoms with Crippen molar-refractivity contribution in [2.45, 2.75) is 6.92 Å². The Morgan fingerprint density at radius 2 is 1.82 bits per heavy atom. The van der Waals surface area contributed by atoms with Gasteiger partial charge >= 0.3 is 0 Å². The van der Waals surface area contributed by atoms with Crippen LogP contribution in [0.3, 0.4) is 0 Å². The van der Waals surface area contributed by atoms with E-state index in [1.54, 1.807) is 38.1 Å². The third-order valence-corrected chi connectivity index (χ3v) is 6.82. The number of hydrogen-bond acceptors (Lipinski definition) is 5.